The molecular weight excluding hydrogens is 374 g/mol. The number of nitrogens with one attached hydrogen (secondary N) is 2. The molecule has 130 valence electrons. The molecule has 0 saturated heterocycles. The van der Waals surface area contributed by atoms with Gasteiger partial charge in [-0.1, -0.05) is 23.7 Å². The molecule has 0 bridgehead atoms. The highest BCUT2D eigenvalue weighted by atomic mass is 35.5. The Morgan fingerprint density at radius 1 is 1.23 bits per heavy atom. The van der Waals surface area contributed by atoms with E-state index in [1.165, 1.54) is 11.3 Å². The van der Waals surface area contributed by atoms with E-state index in [4.69, 9.17) is 16.3 Å². The first-order valence-electron chi connectivity index (χ1n) is 7.68. The predicted octanol–water partition coefficient (Wildman–Crippen LogP) is 3.99. The molecule has 26 heavy (non-hydrogen) atoms. The smallest absolute Gasteiger partial charge is 0.355 e. The van der Waals surface area contributed by atoms with Crippen LogP contribution >= 0.6 is 22.9 Å². The minimum atomic E-state index is -0.509. The summed E-state index contributed by atoms with van der Waals surface area (Å²) in [5, 5.41) is 3.02. The van der Waals surface area contributed by atoms with Gasteiger partial charge in [0.15, 0.2) is 0 Å². The van der Waals surface area contributed by atoms with Crippen LogP contribution < -0.4 is 5.56 Å². The zero-order chi connectivity index (χ0) is 18.1. The van der Waals surface area contributed by atoms with Crippen molar-refractivity contribution in [1.82, 2.24) is 15.0 Å². The number of aromatic nitrogens is 3. The van der Waals surface area contributed by atoms with Crippen LogP contribution in [-0.4, -0.2) is 20.9 Å². The summed E-state index contributed by atoms with van der Waals surface area (Å²) in [6.45, 7) is -0.114. The Morgan fingerprint density at radius 3 is 2.77 bits per heavy atom. The van der Waals surface area contributed by atoms with Crippen molar-refractivity contribution in [3.8, 4) is 11.1 Å². The van der Waals surface area contributed by atoms with Crippen LogP contribution in [0.2, 0.25) is 5.02 Å². The summed E-state index contributed by atoms with van der Waals surface area (Å²) in [4.78, 5) is 34.8. The van der Waals surface area contributed by atoms with Gasteiger partial charge in [0.05, 0.1) is 5.39 Å². The van der Waals surface area contributed by atoms with Gasteiger partial charge in [0, 0.05) is 22.2 Å². The summed E-state index contributed by atoms with van der Waals surface area (Å²) < 4.78 is 5.17. The Labute approximate surface area is 156 Å². The third-order valence-electron chi connectivity index (χ3n) is 3.81. The number of hydrogen-bond donors (Lipinski definition) is 2. The van der Waals surface area contributed by atoms with Crippen LogP contribution in [0.5, 0.6) is 0 Å². The van der Waals surface area contributed by atoms with E-state index in [0.29, 0.717) is 26.8 Å². The molecule has 4 aromatic rings. The lowest BCUT2D eigenvalue weighted by Gasteiger charge is -2.04. The Bertz CT molecular complexity index is 1130. The summed E-state index contributed by atoms with van der Waals surface area (Å²) in [6.07, 6.45) is 1.63. The van der Waals surface area contributed by atoms with Crippen LogP contribution in [0.3, 0.4) is 0 Å². The number of ether oxygens (including phenoxy) is 1. The highest BCUT2D eigenvalue weighted by Crippen LogP contribution is 2.31. The number of carbonyl (C=O) groups is 1. The summed E-state index contributed by atoms with van der Waals surface area (Å²) in [5.41, 5.74) is 1.76. The molecule has 0 aliphatic rings. The van der Waals surface area contributed by atoms with Gasteiger partial charge in [-0.3, -0.25) is 4.79 Å². The maximum absolute atomic E-state index is 12.5. The maximum atomic E-state index is 12.5. The van der Waals surface area contributed by atoms with Crippen molar-refractivity contribution in [2.45, 2.75) is 6.61 Å². The molecule has 0 radical (unpaired) electrons. The minimum Gasteiger partial charge on any atom is -0.453 e. The van der Waals surface area contributed by atoms with Gasteiger partial charge in [-0.25, -0.2) is 9.78 Å². The molecule has 0 spiro atoms. The van der Waals surface area contributed by atoms with Gasteiger partial charge in [-0.2, -0.15) is 0 Å². The van der Waals surface area contributed by atoms with Crippen LogP contribution in [0.15, 0.2) is 52.8 Å². The Morgan fingerprint density at radius 2 is 2.04 bits per heavy atom. The lowest BCUT2D eigenvalue weighted by atomic mass is 10.1. The topological polar surface area (TPSA) is 87.8 Å². The van der Waals surface area contributed by atoms with Gasteiger partial charge in [-0.15, -0.1) is 11.3 Å². The average molecular weight is 386 g/mol. The molecule has 0 amide bonds. The molecule has 0 aliphatic heterocycles. The maximum Gasteiger partial charge on any atom is 0.355 e. The van der Waals surface area contributed by atoms with E-state index in [0.717, 1.165) is 11.1 Å². The van der Waals surface area contributed by atoms with E-state index < -0.39 is 5.97 Å². The second kappa shape index (κ2) is 6.78. The second-order valence-electron chi connectivity index (χ2n) is 5.51. The number of aromatic amines is 2. The Kier molecular flexibility index (Phi) is 4.32. The molecule has 0 fully saturated rings. The predicted molar refractivity (Wildman–Crippen MR) is 101 cm³/mol. The molecule has 3 aromatic heterocycles. The zero-order valence-corrected chi connectivity index (χ0v) is 14.9. The summed E-state index contributed by atoms with van der Waals surface area (Å²) >= 11 is 7.28. The van der Waals surface area contributed by atoms with Crippen molar-refractivity contribution in [3.05, 3.63) is 74.9 Å². The number of rotatable bonds is 4. The first kappa shape index (κ1) is 16.6. The number of carbonyl (C=O) groups excluding carboxylic acids is 1. The normalized spacial score (nSPS) is 11.0. The number of thiophene rings is 1. The third kappa shape index (κ3) is 3.14. The Balaban J connectivity index is 1.62. The van der Waals surface area contributed by atoms with E-state index in [9.17, 15) is 9.59 Å². The number of H-pyrrole nitrogens is 2. The van der Waals surface area contributed by atoms with Crippen molar-refractivity contribution in [2.24, 2.45) is 0 Å². The van der Waals surface area contributed by atoms with Crippen LogP contribution in [0.25, 0.3) is 21.3 Å². The number of benzene rings is 1. The molecule has 8 heteroatoms. The SMILES string of the molecule is O=C(OCc1nc2scc(-c3ccc(Cl)cc3)c2c(=O)[nH]1)c1ccc[nH]1. The number of esters is 1. The zero-order valence-electron chi connectivity index (χ0n) is 13.3. The van der Waals surface area contributed by atoms with Crippen LogP contribution in [0, 0.1) is 0 Å². The third-order valence-corrected chi connectivity index (χ3v) is 4.93. The van der Waals surface area contributed by atoms with Crippen LogP contribution in [0.4, 0.5) is 0 Å². The summed E-state index contributed by atoms with van der Waals surface area (Å²) in [6, 6.07) is 10.6. The first-order valence-corrected chi connectivity index (χ1v) is 8.94. The molecule has 0 aliphatic carbocycles. The highest BCUT2D eigenvalue weighted by molar-refractivity contribution is 7.17. The van der Waals surface area contributed by atoms with Crippen molar-refractivity contribution in [3.63, 3.8) is 0 Å². The average Bonchev–Trinajstić information content (AvgIpc) is 3.30. The Hall–Kier alpha value is -2.90. The number of nitrogens with zero attached hydrogens (tertiary/aromatic N) is 1. The van der Waals surface area contributed by atoms with Gasteiger partial charge in [0.25, 0.3) is 5.56 Å². The molecule has 0 saturated carbocycles. The molecule has 1 aromatic carbocycles. The van der Waals surface area contributed by atoms with Crippen LogP contribution in [-0.2, 0) is 11.3 Å². The quantitative estimate of drug-likeness (QED) is 0.520. The van der Waals surface area contributed by atoms with Crippen molar-refractivity contribution >= 4 is 39.1 Å². The van der Waals surface area contributed by atoms with Gasteiger partial charge in [0.1, 0.15) is 23.0 Å². The lowest BCUT2D eigenvalue weighted by Crippen LogP contribution is -2.14. The van der Waals surface area contributed by atoms with Crippen molar-refractivity contribution in [1.29, 1.82) is 0 Å². The van der Waals surface area contributed by atoms with Gasteiger partial charge >= 0.3 is 5.97 Å². The molecule has 0 atom stereocenters. The van der Waals surface area contributed by atoms with Crippen molar-refractivity contribution in [2.75, 3.05) is 0 Å². The highest BCUT2D eigenvalue weighted by Gasteiger charge is 2.14. The van der Waals surface area contributed by atoms with E-state index in [2.05, 4.69) is 15.0 Å². The van der Waals surface area contributed by atoms with E-state index in [1.807, 2.05) is 17.5 Å². The largest absolute Gasteiger partial charge is 0.453 e. The second-order valence-corrected chi connectivity index (χ2v) is 6.80. The summed E-state index contributed by atoms with van der Waals surface area (Å²) in [7, 11) is 0. The van der Waals surface area contributed by atoms with E-state index in [1.54, 1.807) is 30.5 Å². The summed E-state index contributed by atoms with van der Waals surface area (Å²) in [5.74, 6) is -0.210. The van der Waals surface area contributed by atoms with Gasteiger partial charge < -0.3 is 14.7 Å². The monoisotopic (exact) mass is 385 g/mol. The molecule has 4 rings (SSSR count). The fourth-order valence-electron chi connectivity index (χ4n) is 2.57. The minimum absolute atomic E-state index is 0.114. The van der Waals surface area contributed by atoms with Crippen molar-refractivity contribution < 1.29 is 9.53 Å². The standard InChI is InChI=1S/C18H12ClN3O3S/c19-11-5-3-10(4-6-11)12-9-26-17-15(12)16(23)21-14(22-17)8-25-18(24)13-2-1-7-20-13/h1-7,9,20H,8H2,(H,21,22,23). The lowest BCUT2D eigenvalue weighted by molar-refractivity contribution is 0.0456. The van der Waals surface area contributed by atoms with E-state index in [-0.39, 0.29) is 12.2 Å². The number of fused-ring (bicyclic) bond motifs is 1. The molecule has 0 unspecified atom stereocenters. The van der Waals surface area contributed by atoms with Gasteiger partial charge in [-0.05, 0) is 29.8 Å². The molecule has 6 nitrogen and oxygen atoms in total. The molecule has 2 N–H and O–H groups in total. The first-order chi connectivity index (χ1) is 12.6. The fourth-order valence-corrected chi connectivity index (χ4v) is 3.67. The van der Waals surface area contributed by atoms with Crippen LogP contribution in [0.1, 0.15) is 16.3 Å². The molecular formula is C18H12ClN3O3S. The number of halogens is 1. The molecule has 3 heterocycles. The fraction of sp³-hybridized carbons (Fsp3) is 0.0556. The van der Waals surface area contributed by atoms with Gasteiger partial charge in [0.2, 0.25) is 0 Å². The number of hydrogen-bond acceptors (Lipinski definition) is 5. The van der Waals surface area contributed by atoms with E-state index >= 15 is 0 Å².